The molecule has 2 amide bonds. The number of hydrogen-bond donors (Lipinski definition) is 1. The Bertz CT molecular complexity index is 1120. The van der Waals surface area contributed by atoms with E-state index in [-0.39, 0.29) is 18.2 Å². The van der Waals surface area contributed by atoms with Crippen LogP contribution in [0.2, 0.25) is 0 Å². The number of aryl methyl sites for hydroxylation is 3. The highest BCUT2D eigenvalue weighted by molar-refractivity contribution is 8.26. The SMILES string of the molecule is COC(=O)c1ccc(/C=C2\SC(=S)N(CCCC(=O)Nc3c(C)cc(C)cc3C)C2=O)cc1. The number of thioether (sulfide) groups is 1. The second-order valence-corrected chi connectivity index (χ2v) is 9.55. The van der Waals surface area contributed by atoms with Gasteiger partial charge in [-0.05, 0) is 62.1 Å². The molecule has 8 heteroatoms. The summed E-state index contributed by atoms with van der Waals surface area (Å²) in [6.45, 7) is 6.36. The van der Waals surface area contributed by atoms with Crippen LogP contribution in [-0.4, -0.2) is 40.7 Å². The van der Waals surface area contributed by atoms with Crippen LogP contribution in [0.5, 0.6) is 0 Å². The number of rotatable bonds is 7. The number of anilines is 1. The lowest BCUT2D eigenvalue weighted by Gasteiger charge is -2.15. The van der Waals surface area contributed by atoms with Crippen LogP contribution in [0.4, 0.5) is 5.69 Å². The Hall–Kier alpha value is -2.97. The molecule has 0 aliphatic carbocycles. The van der Waals surface area contributed by atoms with Gasteiger partial charge in [-0.2, -0.15) is 0 Å². The number of esters is 1. The fraction of sp³-hybridized carbons (Fsp3) is 0.280. The van der Waals surface area contributed by atoms with Crippen molar-refractivity contribution in [3.63, 3.8) is 0 Å². The van der Waals surface area contributed by atoms with Crippen LogP contribution in [0.15, 0.2) is 41.3 Å². The Balaban J connectivity index is 1.56. The van der Waals surface area contributed by atoms with Gasteiger partial charge in [0.1, 0.15) is 4.32 Å². The van der Waals surface area contributed by atoms with Crippen molar-refractivity contribution in [1.82, 2.24) is 4.90 Å². The molecule has 1 fully saturated rings. The number of carbonyl (C=O) groups is 3. The van der Waals surface area contributed by atoms with Crippen molar-refractivity contribution >= 4 is 57.8 Å². The van der Waals surface area contributed by atoms with Crippen LogP contribution >= 0.6 is 24.0 Å². The zero-order valence-electron chi connectivity index (χ0n) is 19.1. The number of nitrogens with one attached hydrogen (secondary N) is 1. The van der Waals surface area contributed by atoms with E-state index in [2.05, 4.69) is 5.32 Å². The molecule has 1 N–H and O–H groups in total. The molecular weight excluding hydrogens is 456 g/mol. The van der Waals surface area contributed by atoms with E-state index in [1.807, 2.05) is 32.9 Å². The molecule has 1 heterocycles. The van der Waals surface area contributed by atoms with E-state index < -0.39 is 5.97 Å². The normalized spacial score (nSPS) is 14.7. The van der Waals surface area contributed by atoms with Gasteiger partial charge in [-0.25, -0.2) is 4.79 Å². The molecule has 0 radical (unpaired) electrons. The van der Waals surface area contributed by atoms with Gasteiger partial charge in [0.25, 0.3) is 5.91 Å². The van der Waals surface area contributed by atoms with E-state index in [4.69, 9.17) is 17.0 Å². The largest absolute Gasteiger partial charge is 0.465 e. The fourth-order valence-electron chi connectivity index (χ4n) is 3.65. The number of benzene rings is 2. The summed E-state index contributed by atoms with van der Waals surface area (Å²) >= 11 is 6.61. The molecule has 6 nitrogen and oxygen atoms in total. The summed E-state index contributed by atoms with van der Waals surface area (Å²) in [6, 6.07) is 10.9. The Kier molecular flexibility index (Phi) is 8.05. The average molecular weight is 483 g/mol. The topological polar surface area (TPSA) is 75.7 Å². The van der Waals surface area contributed by atoms with Crippen molar-refractivity contribution in [1.29, 1.82) is 0 Å². The highest BCUT2D eigenvalue weighted by Gasteiger charge is 2.31. The molecule has 1 aliphatic rings. The number of nitrogens with zero attached hydrogens (tertiary/aromatic N) is 1. The molecule has 0 spiro atoms. The van der Waals surface area contributed by atoms with E-state index in [0.29, 0.717) is 27.8 Å². The number of amides is 2. The van der Waals surface area contributed by atoms with Crippen LogP contribution in [0.25, 0.3) is 6.08 Å². The zero-order chi connectivity index (χ0) is 24.1. The number of hydrogen-bond acceptors (Lipinski definition) is 6. The third kappa shape index (κ3) is 6.09. The smallest absolute Gasteiger partial charge is 0.337 e. The number of ether oxygens (including phenoxy) is 1. The summed E-state index contributed by atoms with van der Waals surface area (Å²) in [4.78, 5) is 38.9. The van der Waals surface area contributed by atoms with Crippen LogP contribution in [0.3, 0.4) is 0 Å². The minimum absolute atomic E-state index is 0.0864. The second kappa shape index (κ2) is 10.8. The first-order valence-electron chi connectivity index (χ1n) is 10.5. The maximum Gasteiger partial charge on any atom is 0.337 e. The standard InChI is InChI=1S/C25H26N2O4S2/c1-15-12-16(2)22(17(3)13-15)26-21(28)6-5-11-27-23(29)20(33-25(27)32)14-18-7-9-19(10-8-18)24(30)31-4/h7-10,12-14H,5-6,11H2,1-4H3,(H,26,28)/b20-14-. The van der Waals surface area contributed by atoms with Gasteiger partial charge >= 0.3 is 5.97 Å². The summed E-state index contributed by atoms with van der Waals surface area (Å²) < 4.78 is 5.17. The molecule has 0 atom stereocenters. The third-order valence-electron chi connectivity index (χ3n) is 5.23. The third-order valence-corrected chi connectivity index (χ3v) is 6.61. The first-order chi connectivity index (χ1) is 15.7. The molecule has 0 saturated carbocycles. The van der Waals surface area contributed by atoms with Crippen molar-refractivity contribution in [2.75, 3.05) is 19.0 Å². The average Bonchev–Trinajstić information content (AvgIpc) is 3.03. The van der Waals surface area contributed by atoms with Gasteiger partial charge in [-0.15, -0.1) is 0 Å². The number of methoxy groups -OCH3 is 1. The van der Waals surface area contributed by atoms with E-state index in [1.54, 1.807) is 30.3 Å². The predicted molar refractivity (Wildman–Crippen MR) is 136 cm³/mol. The van der Waals surface area contributed by atoms with Crippen molar-refractivity contribution in [3.05, 3.63) is 69.1 Å². The Morgan fingerprint density at radius 2 is 1.76 bits per heavy atom. The number of carbonyl (C=O) groups excluding carboxylic acids is 3. The summed E-state index contributed by atoms with van der Waals surface area (Å²) in [5.74, 6) is -0.672. The molecule has 33 heavy (non-hydrogen) atoms. The monoisotopic (exact) mass is 482 g/mol. The van der Waals surface area contributed by atoms with E-state index in [9.17, 15) is 14.4 Å². The summed E-state index contributed by atoms with van der Waals surface area (Å²) in [7, 11) is 1.33. The van der Waals surface area contributed by atoms with E-state index in [1.165, 1.54) is 23.8 Å². The van der Waals surface area contributed by atoms with Crippen LogP contribution in [-0.2, 0) is 14.3 Å². The lowest BCUT2D eigenvalue weighted by atomic mass is 10.0. The van der Waals surface area contributed by atoms with E-state index in [0.717, 1.165) is 27.9 Å². The van der Waals surface area contributed by atoms with Crippen molar-refractivity contribution < 1.29 is 19.1 Å². The minimum Gasteiger partial charge on any atom is -0.465 e. The molecule has 0 unspecified atom stereocenters. The van der Waals surface area contributed by atoms with Gasteiger partial charge in [0.15, 0.2) is 0 Å². The van der Waals surface area contributed by atoms with Crippen molar-refractivity contribution in [2.24, 2.45) is 0 Å². The molecular formula is C25H26N2O4S2. The quantitative estimate of drug-likeness (QED) is 0.339. The molecule has 1 aliphatic heterocycles. The highest BCUT2D eigenvalue weighted by Crippen LogP contribution is 2.33. The maximum atomic E-state index is 12.8. The number of thiocarbonyl (C=S) groups is 1. The van der Waals surface area contributed by atoms with Crippen molar-refractivity contribution in [2.45, 2.75) is 33.6 Å². The Morgan fingerprint density at radius 1 is 1.12 bits per heavy atom. The highest BCUT2D eigenvalue weighted by atomic mass is 32.2. The van der Waals surface area contributed by atoms with Crippen LogP contribution in [0.1, 0.15) is 45.5 Å². The van der Waals surface area contributed by atoms with Gasteiger partial charge < -0.3 is 10.1 Å². The lowest BCUT2D eigenvalue weighted by molar-refractivity contribution is -0.122. The minimum atomic E-state index is -0.412. The fourth-order valence-corrected chi connectivity index (χ4v) is 4.96. The van der Waals surface area contributed by atoms with Crippen molar-refractivity contribution in [3.8, 4) is 0 Å². The molecule has 172 valence electrons. The first kappa shape index (κ1) is 24.7. The molecule has 0 bridgehead atoms. The van der Waals surface area contributed by atoms with Gasteiger partial charge in [0, 0.05) is 18.7 Å². The Morgan fingerprint density at radius 3 is 2.36 bits per heavy atom. The molecule has 2 aromatic carbocycles. The van der Waals surface area contributed by atoms with Crippen LogP contribution < -0.4 is 5.32 Å². The Labute approximate surface area is 203 Å². The predicted octanol–water partition coefficient (Wildman–Crippen LogP) is 5.02. The van der Waals surface area contributed by atoms with E-state index >= 15 is 0 Å². The van der Waals surface area contributed by atoms with Gasteiger partial charge in [0.2, 0.25) is 5.91 Å². The zero-order valence-corrected chi connectivity index (χ0v) is 20.7. The molecule has 1 saturated heterocycles. The van der Waals surface area contributed by atoms with Crippen LogP contribution in [0, 0.1) is 20.8 Å². The lowest BCUT2D eigenvalue weighted by Crippen LogP contribution is -2.29. The molecule has 2 aromatic rings. The summed E-state index contributed by atoms with van der Waals surface area (Å²) in [5.41, 5.74) is 5.29. The summed E-state index contributed by atoms with van der Waals surface area (Å²) in [5, 5.41) is 2.99. The molecule has 0 aromatic heterocycles. The van der Waals surface area contributed by atoms with Gasteiger partial charge in [0.05, 0.1) is 17.6 Å². The maximum absolute atomic E-state index is 12.8. The second-order valence-electron chi connectivity index (χ2n) is 7.87. The van der Waals surface area contributed by atoms with Gasteiger partial charge in [-0.3, -0.25) is 14.5 Å². The molecule has 3 rings (SSSR count). The van der Waals surface area contributed by atoms with Gasteiger partial charge in [-0.1, -0.05) is 53.8 Å². The summed E-state index contributed by atoms with van der Waals surface area (Å²) in [6.07, 6.45) is 2.54. The first-order valence-corrected chi connectivity index (χ1v) is 11.7.